The number of carbonyl (C=O) groups excluding carboxylic acids is 1. The van der Waals surface area contributed by atoms with E-state index in [4.69, 9.17) is 4.74 Å². The number of Topliss-reactive ketones (excluding diaryl/α,β-unsaturated/α-hetero) is 1. The Balaban J connectivity index is 1.95. The van der Waals surface area contributed by atoms with E-state index in [2.05, 4.69) is 17.0 Å². The van der Waals surface area contributed by atoms with Crippen molar-refractivity contribution in [3.05, 3.63) is 65.7 Å². The van der Waals surface area contributed by atoms with Crippen LogP contribution < -0.4 is 4.74 Å². The van der Waals surface area contributed by atoms with Crippen LogP contribution in [-0.2, 0) is 6.54 Å². The predicted molar refractivity (Wildman–Crippen MR) is 89.3 cm³/mol. The van der Waals surface area contributed by atoms with E-state index in [9.17, 15) is 4.79 Å². The third-order valence-electron chi connectivity index (χ3n) is 3.68. The van der Waals surface area contributed by atoms with E-state index in [0.717, 1.165) is 18.8 Å². The molecule has 0 aromatic heterocycles. The second kappa shape index (κ2) is 7.76. The standard InChI is InChI=1S/C19H23NO2/c1-15(13-20(2)14-16-8-5-4-6-9-16)19(21)17-10-7-11-18(12-17)22-3/h4-12,15H,13-14H2,1-3H3/t15-/m1/s1. The maximum Gasteiger partial charge on any atom is 0.167 e. The molecule has 0 aliphatic rings. The lowest BCUT2D eigenvalue weighted by atomic mass is 9.98. The Kier molecular flexibility index (Phi) is 5.73. The maximum absolute atomic E-state index is 12.5. The molecule has 0 heterocycles. The van der Waals surface area contributed by atoms with Crippen molar-refractivity contribution in [2.24, 2.45) is 5.92 Å². The summed E-state index contributed by atoms with van der Waals surface area (Å²) in [6.45, 7) is 3.55. The van der Waals surface area contributed by atoms with E-state index in [1.54, 1.807) is 13.2 Å². The van der Waals surface area contributed by atoms with Crippen LogP contribution in [0.25, 0.3) is 0 Å². The molecule has 0 radical (unpaired) electrons. The molecule has 0 amide bonds. The molecule has 0 saturated heterocycles. The molecule has 0 unspecified atom stereocenters. The van der Waals surface area contributed by atoms with Gasteiger partial charge in [0.05, 0.1) is 7.11 Å². The fourth-order valence-electron chi connectivity index (χ4n) is 2.57. The van der Waals surface area contributed by atoms with Crippen molar-refractivity contribution in [3.63, 3.8) is 0 Å². The first-order chi connectivity index (χ1) is 10.6. The van der Waals surface area contributed by atoms with Crippen LogP contribution in [0.5, 0.6) is 5.75 Å². The van der Waals surface area contributed by atoms with Crippen LogP contribution in [0.2, 0.25) is 0 Å². The molecule has 0 aliphatic heterocycles. The highest BCUT2D eigenvalue weighted by atomic mass is 16.5. The van der Waals surface area contributed by atoms with Crippen LogP contribution >= 0.6 is 0 Å². The summed E-state index contributed by atoms with van der Waals surface area (Å²) >= 11 is 0. The summed E-state index contributed by atoms with van der Waals surface area (Å²) in [6, 6.07) is 17.6. The molecule has 0 aliphatic carbocycles. The van der Waals surface area contributed by atoms with Crippen LogP contribution in [0.4, 0.5) is 0 Å². The first-order valence-electron chi connectivity index (χ1n) is 7.51. The fraction of sp³-hybridized carbons (Fsp3) is 0.316. The van der Waals surface area contributed by atoms with Gasteiger partial charge in [0.15, 0.2) is 5.78 Å². The molecule has 3 nitrogen and oxygen atoms in total. The molecule has 2 aromatic carbocycles. The minimum Gasteiger partial charge on any atom is -0.497 e. The minimum atomic E-state index is -0.0548. The molecule has 1 atom stereocenters. The number of ketones is 1. The van der Waals surface area contributed by atoms with Crippen LogP contribution in [0.15, 0.2) is 54.6 Å². The first kappa shape index (κ1) is 16.2. The second-order valence-electron chi connectivity index (χ2n) is 5.68. The first-order valence-corrected chi connectivity index (χ1v) is 7.51. The quantitative estimate of drug-likeness (QED) is 0.731. The lowest BCUT2D eigenvalue weighted by Gasteiger charge is -2.21. The molecule has 0 bridgehead atoms. The molecular formula is C19H23NO2. The van der Waals surface area contributed by atoms with E-state index < -0.39 is 0 Å². The number of hydrogen-bond donors (Lipinski definition) is 0. The molecule has 0 spiro atoms. The van der Waals surface area contributed by atoms with Gasteiger partial charge in [0.25, 0.3) is 0 Å². The van der Waals surface area contributed by atoms with Gasteiger partial charge in [-0.25, -0.2) is 0 Å². The van der Waals surface area contributed by atoms with E-state index >= 15 is 0 Å². The van der Waals surface area contributed by atoms with Gasteiger partial charge in [0.2, 0.25) is 0 Å². The van der Waals surface area contributed by atoms with Crippen molar-refractivity contribution in [1.29, 1.82) is 0 Å². The molecular weight excluding hydrogens is 274 g/mol. The summed E-state index contributed by atoms with van der Waals surface area (Å²) in [5.41, 5.74) is 1.96. The SMILES string of the molecule is COc1cccc(C(=O)[C@H](C)CN(C)Cc2ccccc2)c1. The number of carbonyl (C=O) groups is 1. The summed E-state index contributed by atoms with van der Waals surface area (Å²) in [6.07, 6.45) is 0. The maximum atomic E-state index is 12.5. The Bertz CT molecular complexity index is 610. The van der Waals surface area contributed by atoms with Gasteiger partial charge in [-0.3, -0.25) is 4.79 Å². The van der Waals surface area contributed by atoms with Crippen molar-refractivity contribution in [1.82, 2.24) is 4.90 Å². The largest absolute Gasteiger partial charge is 0.497 e. The third kappa shape index (κ3) is 4.43. The number of benzene rings is 2. The summed E-state index contributed by atoms with van der Waals surface area (Å²) in [7, 11) is 3.66. The second-order valence-corrected chi connectivity index (χ2v) is 5.68. The minimum absolute atomic E-state index is 0.0548. The van der Waals surface area contributed by atoms with E-state index in [1.807, 2.05) is 50.4 Å². The van der Waals surface area contributed by atoms with Gasteiger partial charge in [-0.05, 0) is 24.7 Å². The monoisotopic (exact) mass is 297 g/mol. The Morgan fingerprint density at radius 3 is 2.55 bits per heavy atom. The topological polar surface area (TPSA) is 29.5 Å². The van der Waals surface area contributed by atoms with Gasteiger partial charge in [-0.15, -0.1) is 0 Å². The van der Waals surface area contributed by atoms with Crippen molar-refractivity contribution in [3.8, 4) is 5.75 Å². The van der Waals surface area contributed by atoms with Crippen LogP contribution in [0.3, 0.4) is 0 Å². The number of hydrogen-bond acceptors (Lipinski definition) is 3. The van der Waals surface area contributed by atoms with E-state index in [1.165, 1.54) is 5.56 Å². The highest BCUT2D eigenvalue weighted by Crippen LogP contribution is 2.17. The van der Waals surface area contributed by atoms with E-state index in [0.29, 0.717) is 5.56 Å². The highest BCUT2D eigenvalue weighted by Gasteiger charge is 2.17. The van der Waals surface area contributed by atoms with Crippen molar-refractivity contribution >= 4 is 5.78 Å². The fourth-order valence-corrected chi connectivity index (χ4v) is 2.57. The molecule has 22 heavy (non-hydrogen) atoms. The van der Waals surface area contributed by atoms with E-state index in [-0.39, 0.29) is 11.7 Å². The number of nitrogens with zero attached hydrogens (tertiary/aromatic N) is 1. The van der Waals surface area contributed by atoms with Crippen molar-refractivity contribution in [2.75, 3.05) is 20.7 Å². The van der Waals surface area contributed by atoms with Crippen molar-refractivity contribution in [2.45, 2.75) is 13.5 Å². The normalized spacial score (nSPS) is 12.2. The smallest absolute Gasteiger partial charge is 0.167 e. The Morgan fingerprint density at radius 2 is 1.86 bits per heavy atom. The lowest BCUT2D eigenvalue weighted by molar-refractivity contribution is 0.0900. The molecule has 3 heteroatoms. The van der Waals surface area contributed by atoms with Gasteiger partial charge in [-0.2, -0.15) is 0 Å². The van der Waals surface area contributed by atoms with Crippen LogP contribution in [0.1, 0.15) is 22.8 Å². The Morgan fingerprint density at radius 1 is 1.14 bits per heavy atom. The van der Waals surface area contributed by atoms with Crippen LogP contribution in [-0.4, -0.2) is 31.4 Å². The number of ether oxygens (including phenoxy) is 1. The number of rotatable bonds is 7. The number of methoxy groups -OCH3 is 1. The molecule has 0 fully saturated rings. The molecule has 0 saturated carbocycles. The van der Waals surface area contributed by atoms with Gasteiger partial charge < -0.3 is 9.64 Å². The Hall–Kier alpha value is -2.13. The molecule has 116 valence electrons. The highest BCUT2D eigenvalue weighted by molar-refractivity contribution is 5.98. The lowest BCUT2D eigenvalue weighted by Crippen LogP contribution is -2.28. The molecule has 0 N–H and O–H groups in total. The summed E-state index contributed by atoms with van der Waals surface area (Å²) < 4.78 is 5.18. The zero-order valence-electron chi connectivity index (χ0n) is 13.5. The van der Waals surface area contributed by atoms with Gasteiger partial charge >= 0.3 is 0 Å². The summed E-state index contributed by atoms with van der Waals surface area (Å²) in [5, 5.41) is 0. The Labute approximate surface area is 132 Å². The van der Waals surface area contributed by atoms with Gasteiger partial charge in [0.1, 0.15) is 5.75 Å². The predicted octanol–water partition coefficient (Wildman–Crippen LogP) is 3.65. The summed E-state index contributed by atoms with van der Waals surface area (Å²) in [4.78, 5) is 14.7. The van der Waals surface area contributed by atoms with Crippen LogP contribution in [0, 0.1) is 5.92 Å². The van der Waals surface area contributed by atoms with Gasteiger partial charge in [0, 0.05) is 24.6 Å². The van der Waals surface area contributed by atoms with Gasteiger partial charge in [-0.1, -0.05) is 49.4 Å². The third-order valence-corrected chi connectivity index (χ3v) is 3.68. The zero-order valence-corrected chi connectivity index (χ0v) is 13.5. The average Bonchev–Trinajstić information content (AvgIpc) is 2.55. The molecule has 2 rings (SSSR count). The average molecular weight is 297 g/mol. The van der Waals surface area contributed by atoms with Crippen molar-refractivity contribution < 1.29 is 9.53 Å². The zero-order chi connectivity index (χ0) is 15.9. The summed E-state index contributed by atoms with van der Waals surface area (Å²) in [5.74, 6) is 0.815. The molecule has 2 aromatic rings.